The Morgan fingerprint density at radius 1 is 0.739 bits per heavy atom. The summed E-state index contributed by atoms with van der Waals surface area (Å²) in [6, 6.07) is 27.2. The molecule has 0 atom stereocenters. The zero-order chi connectivity index (χ0) is 16.1. The lowest BCUT2D eigenvalue weighted by atomic mass is 10.1. The van der Waals surface area contributed by atoms with Crippen molar-refractivity contribution in [2.75, 3.05) is 4.90 Å². The predicted molar refractivity (Wildman–Crippen MR) is 99.0 cm³/mol. The lowest BCUT2D eigenvalue weighted by Gasteiger charge is -2.26. The van der Waals surface area contributed by atoms with Crippen molar-refractivity contribution < 1.29 is 0 Å². The van der Waals surface area contributed by atoms with Crippen LogP contribution >= 0.6 is 11.6 Å². The first-order chi connectivity index (χ1) is 11.2. The third kappa shape index (κ3) is 4.14. The molecule has 3 aromatic carbocycles. The smallest absolute Gasteiger partial charge is 0.0639 e. The SMILES string of the molecule is Cc1ccc(Cl)c(N(Cc2ccccc2)Cc2ccccc2)c1. The van der Waals surface area contributed by atoms with Crippen LogP contribution in [-0.2, 0) is 13.1 Å². The third-order valence-corrected chi connectivity index (χ3v) is 4.19. The van der Waals surface area contributed by atoms with Gasteiger partial charge in [-0.25, -0.2) is 0 Å². The molecule has 3 aromatic rings. The molecule has 0 aromatic heterocycles. The Labute approximate surface area is 143 Å². The maximum atomic E-state index is 6.48. The van der Waals surface area contributed by atoms with Crippen LogP contribution in [-0.4, -0.2) is 0 Å². The van der Waals surface area contributed by atoms with Gasteiger partial charge in [-0.3, -0.25) is 0 Å². The minimum absolute atomic E-state index is 0.794. The second-order valence-electron chi connectivity index (χ2n) is 5.78. The van der Waals surface area contributed by atoms with Crippen molar-refractivity contribution in [1.82, 2.24) is 0 Å². The van der Waals surface area contributed by atoms with E-state index >= 15 is 0 Å². The van der Waals surface area contributed by atoms with Crippen LogP contribution < -0.4 is 4.90 Å². The molecule has 0 radical (unpaired) electrons. The molecule has 0 amide bonds. The Kier molecular flexibility index (Phi) is 4.99. The van der Waals surface area contributed by atoms with Crippen LogP contribution in [0.5, 0.6) is 0 Å². The molecule has 0 fully saturated rings. The molecule has 0 heterocycles. The van der Waals surface area contributed by atoms with Crippen LogP contribution in [0, 0.1) is 6.92 Å². The summed E-state index contributed by atoms with van der Waals surface area (Å²) in [6.45, 7) is 3.76. The number of halogens is 1. The topological polar surface area (TPSA) is 3.24 Å². The highest BCUT2D eigenvalue weighted by Crippen LogP contribution is 2.29. The molecule has 3 rings (SSSR count). The van der Waals surface area contributed by atoms with E-state index in [4.69, 9.17) is 11.6 Å². The molecule has 0 spiro atoms. The first-order valence-electron chi connectivity index (χ1n) is 7.81. The van der Waals surface area contributed by atoms with Gasteiger partial charge in [0.1, 0.15) is 0 Å². The van der Waals surface area contributed by atoms with E-state index in [9.17, 15) is 0 Å². The molecule has 0 saturated carbocycles. The Morgan fingerprint density at radius 3 is 1.78 bits per heavy atom. The lowest BCUT2D eigenvalue weighted by Crippen LogP contribution is -2.22. The van der Waals surface area contributed by atoms with Crippen LogP contribution in [0.1, 0.15) is 16.7 Å². The molecule has 0 aliphatic carbocycles. The highest BCUT2D eigenvalue weighted by Gasteiger charge is 2.12. The van der Waals surface area contributed by atoms with Crippen molar-refractivity contribution in [3.63, 3.8) is 0 Å². The van der Waals surface area contributed by atoms with Crippen molar-refractivity contribution in [3.05, 3.63) is 101 Å². The monoisotopic (exact) mass is 321 g/mol. The van der Waals surface area contributed by atoms with Crippen LogP contribution in [0.3, 0.4) is 0 Å². The predicted octanol–water partition coefficient (Wildman–Crippen LogP) is 5.86. The molecule has 23 heavy (non-hydrogen) atoms. The quantitative estimate of drug-likeness (QED) is 0.569. The minimum Gasteiger partial charge on any atom is -0.362 e. The van der Waals surface area contributed by atoms with E-state index in [2.05, 4.69) is 72.5 Å². The molecule has 0 N–H and O–H groups in total. The van der Waals surface area contributed by atoms with Crippen molar-refractivity contribution >= 4 is 17.3 Å². The largest absolute Gasteiger partial charge is 0.362 e. The number of hydrogen-bond acceptors (Lipinski definition) is 1. The van der Waals surface area contributed by atoms with Crippen molar-refractivity contribution in [2.24, 2.45) is 0 Å². The van der Waals surface area contributed by atoms with E-state index < -0.39 is 0 Å². The first kappa shape index (κ1) is 15.6. The number of hydrogen-bond donors (Lipinski definition) is 0. The summed E-state index contributed by atoms with van der Waals surface area (Å²) in [6.07, 6.45) is 0. The zero-order valence-corrected chi connectivity index (χ0v) is 14.0. The molecule has 0 aliphatic rings. The molecule has 2 heteroatoms. The third-order valence-electron chi connectivity index (χ3n) is 3.87. The summed E-state index contributed by atoms with van der Waals surface area (Å²) in [5.74, 6) is 0. The van der Waals surface area contributed by atoms with Gasteiger partial charge in [-0.05, 0) is 35.7 Å². The summed E-state index contributed by atoms with van der Waals surface area (Å²) in [5.41, 5.74) is 4.86. The van der Waals surface area contributed by atoms with E-state index in [1.54, 1.807) is 0 Å². The lowest BCUT2D eigenvalue weighted by molar-refractivity contribution is 0.799. The number of anilines is 1. The standard InChI is InChI=1S/C21H20ClN/c1-17-12-13-20(22)21(14-17)23(15-18-8-4-2-5-9-18)16-19-10-6-3-7-11-19/h2-14H,15-16H2,1H3. The Balaban J connectivity index is 1.94. The molecular formula is C21H20ClN. The van der Waals surface area contributed by atoms with Gasteiger partial charge >= 0.3 is 0 Å². The van der Waals surface area contributed by atoms with E-state index in [1.807, 2.05) is 18.2 Å². The average molecular weight is 322 g/mol. The van der Waals surface area contributed by atoms with E-state index in [0.717, 1.165) is 23.8 Å². The summed E-state index contributed by atoms with van der Waals surface area (Å²) in [5, 5.41) is 0.794. The van der Waals surface area contributed by atoms with Gasteiger partial charge in [0.05, 0.1) is 10.7 Å². The average Bonchev–Trinajstić information content (AvgIpc) is 2.58. The number of aryl methyl sites for hydroxylation is 1. The van der Waals surface area contributed by atoms with Gasteiger partial charge in [0, 0.05) is 13.1 Å². The normalized spacial score (nSPS) is 10.5. The van der Waals surface area contributed by atoms with Crippen LogP contribution in [0.2, 0.25) is 5.02 Å². The first-order valence-corrected chi connectivity index (χ1v) is 8.19. The summed E-state index contributed by atoms with van der Waals surface area (Å²) in [7, 11) is 0. The van der Waals surface area contributed by atoms with Gasteiger partial charge in [-0.1, -0.05) is 78.3 Å². The van der Waals surface area contributed by atoms with E-state index in [0.29, 0.717) is 0 Å². The van der Waals surface area contributed by atoms with E-state index in [1.165, 1.54) is 16.7 Å². The summed E-state index contributed by atoms with van der Waals surface area (Å²) in [4.78, 5) is 2.33. The highest BCUT2D eigenvalue weighted by molar-refractivity contribution is 6.33. The van der Waals surface area contributed by atoms with Gasteiger partial charge < -0.3 is 4.90 Å². The Hall–Kier alpha value is -2.25. The van der Waals surface area contributed by atoms with Crippen molar-refractivity contribution in [1.29, 1.82) is 0 Å². The van der Waals surface area contributed by atoms with Gasteiger partial charge in [-0.2, -0.15) is 0 Å². The van der Waals surface area contributed by atoms with Gasteiger partial charge in [-0.15, -0.1) is 0 Å². The zero-order valence-electron chi connectivity index (χ0n) is 13.2. The van der Waals surface area contributed by atoms with E-state index in [-0.39, 0.29) is 0 Å². The molecule has 0 unspecified atom stereocenters. The number of benzene rings is 3. The Bertz CT molecular complexity index is 712. The summed E-state index contributed by atoms with van der Waals surface area (Å²) >= 11 is 6.48. The number of rotatable bonds is 5. The van der Waals surface area contributed by atoms with Crippen molar-refractivity contribution in [2.45, 2.75) is 20.0 Å². The molecule has 0 saturated heterocycles. The minimum atomic E-state index is 0.794. The molecule has 116 valence electrons. The molecule has 1 nitrogen and oxygen atoms in total. The molecule has 0 bridgehead atoms. The maximum absolute atomic E-state index is 6.48. The van der Waals surface area contributed by atoms with Crippen molar-refractivity contribution in [3.8, 4) is 0 Å². The fourth-order valence-electron chi connectivity index (χ4n) is 2.70. The second-order valence-corrected chi connectivity index (χ2v) is 6.19. The second kappa shape index (κ2) is 7.34. The van der Waals surface area contributed by atoms with Crippen LogP contribution in [0.15, 0.2) is 78.9 Å². The number of nitrogens with zero attached hydrogens (tertiary/aromatic N) is 1. The Morgan fingerprint density at radius 2 is 1.26 bits per heavy atom. The van der Waals surface area contributed by atoms with Gasteiger partial charge in [0.2, 0.25) is 0 Å². The highest BCUT2D eigenvalue weighted by atomic mass is 35.5. The fraction of sp³-hybridized carbons (Fsp3) is 0.143. The van der Waals surface area contributed by atoms with Crippen LogP contribution in [0.4, 0.5) is 5.69 Å². The van der Waals surface area contributed by atoms with Crippen LogP contribution in [0.25, 0.3) is 0 Å². The fourth-order valence-corrected chi connectivity index (χ4v) is 2.94. The van der Waals surface area contributed by atoms with Gasteiger partial charge in [0.15, 0.2) is 0 Å². The molecule has 0 aliphatic heterocycles. The van der Waals surface area contributed by atoms with Gasteiger partial charge in [0.25, 0.3) is 0 Å². The maximum Gasteiger partial charge on any atom is 0.0639 e. The molecular weight excluding hydrogens is 302 g/mol. The summed E-state index contributed by atoms with van der Waals surface area (Å²) < 4.78 is 0.